The first-order chi connectivity index (χ1) is 9.97. The lowest BCUT2D eigenvalue weighted by molar-refractivity contribution is 0.0673. The molecule has 0 aliphatic heterocycles. The van der Waals surface area contributed by atoms with Gasteiger partial charge in [0.1, 0.15) is 0 Å². The average molecular weight is 329 g/mol. The number of aromatic nitrogens is 3. The molecule has 1 atom stereocenters. The summed E-state index contributed by atoms with van der Waals surface area (Å²) in [5, 5.41) is 17.4. The van der Waals surface area contributed by atoms with Crippen LogP contribution in [0.4, 0.5) is 0 Å². The van der Waals surface area contributed by atoms with Gasteiger partial charge in [-0.05, 0) is 19.1 Å². The third-order valence-electron chi connectivity index (χ3n) is 3.17. The first-order valence-electron chi connectivity index (χ1n) is 6.20. The summed E-state index contributed by atoms with van der Waals surface area (Å²) in [7, 11) is 1.60. The van der Waals surface area contributed by atoms with Gasteiger partial charge in [-0.25, -0.2) is 4.68 Å². The molecule has 2 aromatic rings. The maximum absolute atomic E-state index is 12.4. The zero-order chi connectivity index (χ0) is 15.6. The molecule has 1 heterocycles. The van der Waals surface area contributed by atoms with E-state index in [0.717, 1.165) is 0 Å². The van der Waals surface area contributed by atoms with Crippen molar-refractivity contribution in [2.45, 2.75) is 13.0 Å². The highest BCUT2D eigenvalue weighted by Crippen LogP contribution is 2.28. The summed E-state index contributed by atoms with van der Waals surface area (Å²) >= 11 is 12.1. The molecule has 21 heavy (non-hydrogen) atoms. The highest BCUT2D eigenvalue weighted by Gasteiger charge is 2.23. The quantitative estimate of drug-likeness (QED) is 0.932. The van der Waals surface area contributed by atoms with E-state index in [-0.39, 0.29) is 29.3 Å². The lowest BCUT2D eigenvalue weighted by atomic mass is 10.2. The van der Waals surface area contributed by atoms with Crippen LogP contribution in [0.3, 0.4) is 0 Å². The van der Waals surface area contributed by atoms with Gasteiger partial charge in [-0.3, -0.25) is 4.79 Å². The molecule has 0 radical (unpaired) electrons. The number of carbonyl (C=O) groups excluding carboxylic acids is 1. The van der Waals surface area contributed by atoms with Gasteiger partial charge >= 0.3 is 0 Å². The molecule has 1 amide bonds. The fraction of sp³-hybridized carbons (Fsp3) is 0.308. The van der Waals surface area contributed by atoms with Crippen LogP contribution in [0.5, 0.6) is 0 Å². The number of aliphatic hydroxyl groups excluding tert-OH is 1. The molecule has 0 spiro atoms. The van der Waals surface area contributed by atoms with Crippen molar-refractivity contribution >= 4 is 29.1 Å². The van der Waals surface area contributed by atoms with Crippen LogP contribution >= 0.6 is 23.2 Å². The summed E-state index contributed by atoms with van der Waals surface area (Å²) < 4.78 is 1.33. The Kier molecular flexibility index (Phi) is 4.82. The summed E-state index contributed by atoms with van der Waals surface area (Å²) in [5.74, 6) is -0.322. The molecular weight excluding hydrogens is 315 g/mol. The minimum absolute atomic E-state index is 0.137. The molecule has 6 nitrogen and oxygen atoms in total. The smallest absolute Gasteiger partial charge is 0.274 e. The molecule has 0 aliphatic carbocycles. The number of halogens is 2. The molecule has 8 heteroatoms. The van der Waals surface area contributed by atoms with E-state index in [1.54, 1.807) is 32.2 Å². The SMILES string of the molecule is C[C@@H](CO)N(C)C(=O)c1cnnn1-c1cccc(Cl)c1Cl. The van der Waals surface area contributed by atoms with Crippen molar-refractivity contribution in [3.63, 3.8) is 0 Å². The minimum atomic E-state index is -0.323. The van der Waals surface area contributed by atoms with Crippen molar-refractivity contribution in [2.24, 2.45) is 0 Å². The number of aliphatic hydroxyl groups is 1. The summed E-state index contributed by atoms with van der Waals surface area (Å²) in [4.78, 5) is 13.8. The predicted molar refractivity (Wildman–Crippen MR) is 80.0 cm³/mol. The molecule has 0 saturated heterocycles. The Labute approximate surface area is 131 Å². The standard InChI is InChI=1S/C13H14Cl2N4O2/c1-8(7-20)18(2)13(21)11-6-16-17-19(11)10-5-3-4-9(14)12(10)15/h3-6,8,20H,7H2,1-2H3/t8-/m0/s1. The van der Waals surface area contributed by atoms with Crippen LogP contribution in [0.15, 0.2) is 24.4 Å². The van der Waals surface area contributed by atoms with E-state index in [1.165, 1.54) is 15.8 Å². The summed E-state index contributed by atoms with van der Waals surface area (Å²) in [6.07, 6.45) is 1.35. The van der Waals surface area contributed by atoms with Crippen LogP contribution in [0.1, 0.15) is 17.4 Å². The molecule has 0 unspecified atom stereocenters. The maximum Gasteiger partial charge on any atom is 0.274 e. The molecule has 0 aliphatic rings. The van der Waals surface area contributed by atoms with Gasteiger partial charge in [-0.2, -0.15) is 0 Å². The van der Waals surface area contributed by atoms with Crippen LogP contribution in [-0.2, 0) is 0 Å². The number of rotatable bonds is 4. The summed E-state index contributed by atoms with van der Waals surface area (Å²) in [6.45, 7) is 1.60. The van der Waals surface area contributed by atoms with E-state index in [4.69, 9.17) is 28.3 Å². The Hall–Kier alpha value is -1.63. The molecule has 0 bridgehead atoms. The fourth-order valence-corrected chi connectivity index (χ4v) is 2.09. The predicted octanol–water partition coefficient (Wildman–Crippen LogP) is 2.03. The van der Waals surface area contributed by atoms with E-state index >= 15 is 0 Å². The first kappa shape index (κ1) is 15.8. The Bertz CT molecular complexity index is 659. The highest BCUT2D eigenvalue weighted by atomic mass is 35.5. The molecule has 1 aromatic carbocycles. The van der Waals surface area contributed by atoms with Gasteiger partial charge < -0.3 is 10.0 Å². The first-order valence-corrected chi connectivity index (χ1v) is 6.96. The van der Waals surface area contributed by atoms with Gasteiger partial charge in [0, 0.05) is 7.05 Å². The van der Waals surface area contributed by atoms with Crippen molar-refractivity contribution in [1.29, 1.82) is 0 Å². The number of hydrogen-bond donors (Lipinski definition) is 1. The van der Waals surface area contributed by atoms with Crippen LogP contribution in [-0.4, -0.2) is 50.6 Å². The number of nitrogens with zero attached hydrogens (tertiary/aromatic N) is 4. The second-order valence-electron chi connectivity index (χ2n) is 4.55. The third kappa shape index (κ3) is 3.02. The normalized spacial score (nSPS) is 12.2. The number of amides is 1. The van der Waals surface area contributed by atoms with Crippen LogP contribution in [0, 0.1) is 0 Å². The minimum Gasteiger partial charge on any atom is -0.394 e. The zero-order valence-electron chi connectivity index (χ0n) is 11.5. The number of likely N-dealkylation sites (N-methyl/N-ethyl adjacent to an activating group) is 1. The van der Waals surface area contributed by atoms with Crippen molar-refractivity contribution in [3.05, 3.63) is 40.1 Å². The number of carbonyl (C=O) groups is 1. The van der Waals surface area contributed by atoms with Crippen LogP contribution in [0.2, 0.25) is 10.0 Å². The van der Waals surface area contributed by atoms with Crippen molar-refractivity contribution in [3.8, 4) is 5.69 Å². The maximum atomic E-state index is 12.4. The van der Waals surface area contributed by atoms with E-state index in [9.17, 15) is 4.79 Å². The third-order valence-corrected chi connectivity index (χ3v) is 3.98. The molecule has 1 aromatic heterocycles. The highest BCUT2D eigenvalue weighted by molar-refractivity contribution is 6.43. The largest absolute Gasteiger partial charge is 0.394 e. The van der Waals surface area contributed by atoms with Crippen molar-refractivity contribution in [2.75, 3.05) is 13.7 Å². The average Bonchev–Trinajstić information content (AvgIpc) is 2.96. The Morgan fingerprint density at radius 2 is 2.19 bits per heavy atom. The van der Waals surface area contributed by atoms with E-state index in [1.807, 2.05) is 0 Å². The molecule has 0 fully saturated rings. The van der Waals surface area contributed by atoms with Crippen LogP contribution < -0.4 is 0 Å². The van der Waals surface area contributed by atoms with Gasteiger partial charge in [0.2, 0.25) is 0 Å². The second kappa shape index (κ2) is 6.43. The van der Waals surface area contributed by atoms with Gasteiger partial charge in [-0.15, -0.1) is 5.10 Å². The van der Waals surface area contributed by atoms with Crippen LogP contribution in [0.25, 0.3) is 5.69 Å². The lowest BCUT2D eigenvalue weighted by Crippen LogP contribution is -2.38. The van der Waals surface area contributed by atoms with Gasteiger partial charge in [0.15, 0.2) is 5.69 Å². The van der Waals surface area contributed by atoms with Gasteiger partial charge in [0.05, 0.1) is 34.6 Å². The number of benzene rings is 1. The molecule has 112 valence electrons. The summed E-state index contributed by atoms with van der Waals surface area (Å²) in [6, 6.07) is 4.72. The lowest BCUT2D eigenvalue weighted by Gasteiger charge is -2.23. The number of hydrogen-bond acceptors (Lipinski definition) is 4. The Morgan fingerprint density at radius 3 is 2.86 bits per heavy atom. The van der Waals surface area contributed by atoms with Gasteiger partial charge in [-0.1, -0.05) is 34.5 Å². The van der Waals surface area contributed by atoms with E-state index in [0.29, 0.717) is 10.7 Å². The van der Waals surface area contributed by atoms with Gasteiger partial charge in [0.25, 0.3) is 5.91 Å². The van der Waals surface area contributed by atoms with E-state index < -0.39 is 0 Å². The summed E-state index contributed by atoms with van der Waals surface area (Å²) in [5.41, 5.74) is 0.706. The second-order valence-corrected chi connectivity index (χ2v) is 5.34. The molecule has 0 saturated carbocycles. The monoisotopic (exact) mass is 328 g/mol. The Balaban J connectivity index is 2.44. The topological polar surface area (TPSA) is 71.2 Å². The van der Waals surface area contributed by atoms with Crippen molar-refractivity contribution in [1.82, 2.24) is 19.9 Å². The van der Waals surface area contributed by atoms with E-state index in [2.05, 4.69) is 10.3 Å². The molecule has 2 rings (SSSR count). The fourth-order valence-electron chi connectivity index (χ4n) is 1.72. The Morgan fingerprint density at radius 1 is 1.48 bits per heavy atom. The zero-order valence-corrected chi connectivity index (χ0v) is 13.0. The molecular formula is C13H14Cl2N4O2. The molecule has 1 N–H and O–H groups in total. The van der Waals surface area contributed by atoms with Crippen molar-refractivity contribution < 1.29 is 9.90 Å².